The molecule has 0 aliphatic rings. The lowest BCUT2D eigenvalue weighted by molar-refractivity contribution is 0.276. The lowest BCUT2D eigenvalue weighted by atomic mass is 10.3. The maximum Gasteiger partial charge on any atom is 0.153 e. The highest BCUT2D eigenvalue weighted by Crippen LogP contribution is 2.23. The lowest BCUT2D eigenvalue weighted by Gasteiger charge is -2.16. The van der Waals surface area contributed by atoms with Gasteiger partial charge in [-0.15, -0.1) is 11.3 Å². The summed E-state index contributed by atoms with van der Waals surface area (Å²) in [6.45, 7) is 0.782. The van der Waals surface area contributed by atoms with Crippen LogP contribution in [0.4, 0.5) is 5.82 Å². The Morgan fingerprint density at radius 1 is 1.32 bits per heavy atom. The first-order valence-corrected chi connectivity index (χ1v) is 6.98. The highest BCUT2D eigenvalue weighted by atomic mass is 32.1. The second kappa shape index (κ2) is 5.03. The van der Waals surface area contributed by atoms with Crippen molar-refractivity contribution < 1.29 is 5.11 Å². The monoisotopic (exact) mass is 273 g/mol. The van der Waals surface area contributed by atoms with Crippen molar-refractivity contribution >= 4 is 22.8 Å². The van der Waals surface area contributed by atoms with Crippen LogP contribution in [0.2, 0.25) is 0 Å². The third kappa shape index (κ3) is 2.22. The van der Waals surface area contributed by atoms with Gasteiger partial charge >= 0.3 is 0 Å². The predicted octanol–water partition coefficient (Wildman–Crippen LogP) is 2.52. The van der Waals surface area contributed by atoms with Crippen LogP contribution in [0, 0.1) is 0 Å². The van der Waals surface area contributed by atoms with Crippen molar-refractivity contribution in [1.29, 1.82) is 0 Å². The van der Waals surface area contributed by atoms with E-state index < -0.39 is 0 Å². The Hall–Kier alpha value is -1.85. The van der Waals surface area contributed by atoms with Crippen LogP contribution in [0.5, 0.6) is 0 Å². The molecule has 0 atom stereocenters. The number of rotatable bonds is 4. The minimum Gasteiger partial charge on any atom is -0.390 e. The first-order valence-electron chi connectivity index (χ1n) is 6.10. The molecule has 0 amide bonds. The molecule has 0 spiro atoms. The smallest absolute Gasteiger partial charge is 0.153 e. The number of aliphatic hydroxyl groups is 1. The summed E-state index contributed by atoms with van der Waals surface area (Å²) in [5.74, 6) is 0.835. The lowest BCUT2D eigenvalue weighted by Crippen LogP contribution is -2.17. The Morgan fingerprint density at radius 3 is 2.95 bits per heavy atom. The Balaban J connectivity index is 1.99. The van der Waals surface area contributed by atoms with E-state index in [1.165, 1.54) is 4.88 Å². The zero-order chi connectivity index (χ0) is 13.2. The molecule has 0 aliphatic carbocycles. The standard InChI is InChI=1S/C14H15N3OS/c1-16(9-11-5-4-8-19-11)14-12(10-18)17-7-3-2-6-13(17)15-14/h2-8,18H,9-10H2,1H3. The summed E-state index contributed by atoms with van der Waals surface area (Å²) < 4.78 is 1.93. The number of nitrogens with zero attached hydrogens (tertiary/aromatic N) is 3. The van der Waals surface area contributed by atoms with E-state index in [1.807, 2.05) is 41.9 Å². The maximum atomic E-state index is 9.60. The van der Waals surface area contributed by atoms with Gasteiger partial charge in [0.15, 0.2) is 5.82 Å². The van der Waals surface area contributed by atoms with Crippen molar-refractivity contribution in [3.05, 3.63) is 52.5 Å². The number of anilines is 1. The molecule has 0 unspecified atom stereocenters. The van der Waals surface area contributed by atoms with Crippen LogP contribution < -0.4 is 4.90 Å². The van der Waals surface area contributed by atoms with Crippen LogP contribution >= 0.6 is 11.3 Å². The van der Waals surface area contributed by atoms with Crippen LogP contribution in [-0.4, -0.2) is 21.5 Å². The molecular weight excluding hydrogens is 258 g/mol. The quantitative estimate of drug-likeness (QED) is 0.794. The fourth-order valence-electron chi connectivity index (χ4n) is 2.20. The number of aromatic nitrogens is 2. The maximum absolute atomic E-state index is 9.60. The molecule has 0 saturated heterocycles. The average Bonchev–Trinajstić information content (AvgIpc) is 3.04. The molecule has 0 aromatic carbocycles. The molecule has 3 rings (SSSR count). The van der Waals surface area contributed by atoms with Gasteiger partial charge in [-0.2, -0.15) is 0 Å². The summed E-state index contributed by atoms with van der Waals surface area (Å²) in [5, 5.41) is 11.7. The van der Waals surface area contributed by atoms with Gasteiger partial charge in [0.2, 0.25) is 0 Å². The molecule has 3 aromatic heterocycles. The second-order valence-corrected chi connectivity index (χ2v) is 5.44. The van der Waals surface area contributed by atoms with E-state index in [0.717, 1.165) is 23.7 Å². The number of hydrogen-bond acceptors (Lipinski definition) is 4. The van der Waals surface area contributed by atoms with Crippen LogP contribution in [0.3, 0.4) is 0 Å². The topological polar surface area (TPSA) is 40.8 Å². The van der Waals surface area contributed by atoms with Gasteiger partial charge < -0.3 is 10.0 Å². The normalized spacial score (nSPS) is 11.1. The van der Waals surface area contributed by atoms with Gasteiger partial charge in [0, 0.05) is 18.1 Å². The van der Waals surface area contributed by atoms with Crippen LogP contribution in [0.1, 0.15) is 10.6 Å². The average molecular weight is 273 g/mol. The zero-order valence-corrected chi connectivity index (χ0v) is 11.5. The fraction of sp³-hybridized carbons (Fsp3) is 0.214. The van der Waals surface area contributed by atoms with Crippen LogP contribution in [-0.2, 0) is 13.2 Å². The summed E-state index contributed by atoms with van der Waals surface area (Å²) >= 11 is 1.73. The van der Waals surface area contributed by atoms with Gasteiger partial charge in [-0.1, -0.05) is 12.1 Å². The molecule has 4 nitrogen and oxygen atoms in total. The van der Waals surface area contributed by atoms with Crippen LogP contribution in [0.15, 0.2) is 41.9 Å². The summed E-state index contributed by atoms with van der Waals surface area (Å²) in [6.07, 6.45) is 1.93. The van der Waals surface area contributed by atoms with Crippen molar-refractivity contribution in [2.75, 3.05) is 11.9 Å². The first kappa shape index (κ1) is 12.2. The van der Waals surface area contributed by atoms with Gasteiger partial charge in [-0.05, 0) is 23.6 Å². The third-order valence-electron chi connectivity index (χ3n) is 3.09. The minimum absolute atomic E-state index is 0.0186. The Bertz CT molecular complexity index is 675. The van der Waals surface area contributed by atoms with E-state index >= 15 is 0 Å². The van der Waals surface area contributed by atoms with Crippen LogP contribution in [0.25, 0.3) is 5.65 Å². The van der Waals surface area contributed by atoms with E-state index in [-0.39, 0.29) is 6.61 Å². The fourth-order valence-corrected chi connectivity index (χ4v) is 2.96. The third-order valence-corrected chi connectivity index (χ3v) is 3.95. The van der Waals surface area contributed by atoms with Crippen molar-refractivity contribution in [3.8, 4) is 0 Å². The molecule has 1 N–H and O–H groups in total. The molecule has 3 heterocycles. The van der Waals surface area contributed by atoms with Gasteiger partial charge in [0.1, 0.15) is 5.65 Å². The van der Waals surface area contributed by atoms with Gasteiger partial charge in [-0.25, -0.2) is 4.98 Å². The number of hydrogen-bond donors (Lipinski definition) is 1. The summed E-state index contributed by atoms with van der Waals surface area (Å²) in [7, 11) is 2.00. The molecule has 98 valence electrons. The van der Waals surface area contributed by atoms with Crippen molar-refractivity contribution in [3.63, 3.8) is 0 Å². The Kier molecular flexibility index (Phi) is 3.23. The molecule has 5 heteroatoms. The minimum atomic E-state index is -0.0186. The first-order chi connectivity index (χ1) is 9.29. The summed E-state index contributed by atoms with van der Waals surface area (Å²) in [5.41, 5.74) is 1.69. The molecule has 0 fully saturated rings. The zero-order valence-electron chi connectivity index (χ0n) is 10.7. The Labute approximate surface area is 115 Å². The molecule has 0 aliphatic heterocycles. The Morgan fingerprint density at radius 2 is 2.21 bits per heavy atom. The highest BCUT2D eigenvalue weighted by Gasteiger charge is 2.15. The second-order valence-electron chi connectivity index (χ2n) is 4.40. The SMILES string of the molecule is CN(Cc1cccs1)c1nc2ccccn2c1CO. The molecule has 0 saturated carbocycles. The number of pyridine rings is 1. The van der Waals surface area contributed by atoms with Crippen molar-refractivity contribution in [2.45, 2.75) is 13.2 Å². The largest absolute Gasteiger partial charge is 0.390 e. The molecule has 3 aromatic rings. The van der Waals surface area contributed by atoms with E-state index in [4.69, 9.17) is 0 Å². The van der Waals surface area contributed by atoms with Crippen molar-refractivity contribution in [1.82, 2.24) is 9.38 Å². The van der Waals surface area contributed by atoms with E-state index in [9.17, 15) is 5.11 Å². The van der Waals surface area contributed by atoms with E-state index in [0.29, 0.717) is 0 Å². The van der Waals surface area contributed by atoms with E-state index in [1.54, 1.807) is 11.3 Å². The molecule has 0 radical (unpaired) electrons. The molecule has 0 bridgehead atoms. The predicted molar refractivity (Wildman–Crippen MR) is 77.5 cm³/mol. The van der Waals surface area contributed by atoms with Gasteiger partial charge in [0.05, 0.1) is 18.8 Å². The van der Waals surface area contributed by atoms with E-state index in [2.05, 4.69) is 21.3 Å². The highest BCUT2D eigenvalue weighted by molar-refractivity contribution is 7.09. The van der Waals surface area contributed by atoms with Crippen molar-refractivity contribution in [2.24, 2.45) is 0 Å². The summed E-state index contributed by atoms with van der Waals surface area (Å²) in [6, 6.07) is 9.99. The number of aliphatic hydroxyl groups excluding tert-OH is 1. The van der Waals surface area contributed by atoms with Gasteiger partial charge in [-0.3, -0.25) is 4.40 Å². The molecule has 19 heavy (non-hydrogen) atoms. The number of fused-ring (bicyclic) bond motifs is 1. The number of thiophene rings is 1. The summed E-state index contributed by atoms with van der Waals surface area (Å²) in [4.78, 5) is 7.95. The van der Waals surface area contributed by atoms with Gasteiger partial charge in [0.25, 0.3) is 0 Å². The molecular formula is C14H15N3OS. The number of imidazole rings is 1.